The number of morpholine rings is 1. The number of ether oxygens (including phenoxy) is 1. The fraction of sp³-hybridized carbons (Fsp3) is 1.00. The van der Waals surface area contributed by atoms with Crippen LogP contribution in [-0.4, -0.2) is 80.2 Å². The van der Waals surface area contributed by atoms with Crippen LogP contribution >= 0.6 is 0 Å². The van der Waals surface area contributed by atoms with Crippen molar-refractivity contribution in [3.05, 3.63) is 0 Å². The van der Waals surface area contributed by atoms with E-state index in [9.17, 15) is 0 Å². The quantitative estimate of drug-likeness (QED) is 0.625. The highest BCUT2D eigenvalue weighted by Gasteiger charge is 2.33. The van der Waals surface area contributed by atoms with Gasteiger partial charge >= 0.3 is 0 Å². The summed E-state index contributed by atoms with van der Waals surface area (Å²) in [7, 11) is 0. The average Bonchev–Trinajstić information content (AvgIpc) is 2.94. The van der Waals surface area contributed by atoms with Crippen LogP contribution in [0.4, 0.5) is 0 Å². The monoisotopic (exact) mass is 241 g/mol. The van der Waals surface area contributed by atoms with Gasteiger partial charge < -0.3 is 10.1 Å². The Morgan fingerprint density at radius 1 is 1.00 bits per heavy atom. The van der Waals surface area contributed by atoms with E-state index in [1.54, 1.807) is 0 Å². The van der Waals surface area contributed by atoms with Crippen LogP contribution in [0.25, 0.3) is 0 Å². The predicted octanol–water partition coefficient (Wildman–Crippen LogP) is -1.32. The number of nitrogens with zero attached hydrogens (tertiary/aromatic N) is 3. The van der Waals surface area contributed by atoms with Crippen LogP contribution in [0.2, 0.25) is 0 Å². The second-order valence-corrected chi connectivity index (χ2v) is 4.89. The van der Waals surface area contributed by atoms with Crippen LogP contribution in [0.1, 0.15) is 6.42 Å². The van der Waals surface area contributed by atoms with Gasteiger partial charge in [-0.2, -0.15) is 5.12 Å². The highest BCUT2D eigenvalue weighted by molar-refractivity contribution is 4.79. The Hall–Kier alpha value is -0.240. The maximum absolute atomic E-state index is 5.67. The van der Waals surface area contributed by atoms with Crippen LogP contribution < -0.4 is 10.7 Å². The van der Waals surface area contributed by atoms with Crippen molar-refractivity contribution in [1.82, 2.24) is 25.8 Å². The number of hydrogen-bond donors (Lipinski definition) is 2. The minimum Gasteiger partial charge on any atom is -0.377 e. The highest BCUT2D eigenvalue weighted by Crippen LogP contribution is 2.16. The zero-order valence-electron chi connectivity index (χ0n) is 10.4. The Kier molecular flexibility index (Phi) is 3.90. The standard InChI is InChI=1S/C11H23N5O/c1-2-13-16(5-1)15-8-9-17-10-11(15)14-6-3-12-4-7-14/h11-13H,1-10H2. The molecule has 3 fully saturated rings. The summed E-state index contributed by atoms with van der Waals surface area (Å²) >= 11 is 0. The van der Waals surface area contributed by atoms with Gasteiger partial charge in [0.25, 0.3) is 0 Å². The molecular formula is C11H23N5O. The average molecular weight is 241 g/mol. The van der Waals surface area contributed by atoms with E-state index in [2.05, 4.69) is 25.8 Å². The third-order valence-corrected chi connectivity index (χ3v) is 3.80. The van der Waals surface area contributed by atoms with Crippen molar-refractivity contribution in [2.24, 2.45) is 0 Å². The van der Waals surface area contributed by atoms with Crippen molar-refractivity contribution in [2.45, 2.75) is 12.6 Å². The van der Waals surface area contributed by atoms with Gasteiger partial charge in [-0.3, -0.25) is 4.90 Å². The van der Waals surface area contributed by atoms with Crippen molar-refractivity contribution >= 4 is 0 Å². The Bertz CT molecular complexity index is 240. The van der Waals surface area contributed by atoms with Crippen LogP contribution in [0, 0.1) is 0 Å². The summed E-state index contributed by atoms with van der Waals surface area (Å²) in [5, 5.41) is 8.17. The third kappa shape index (κ3) is 2.62. The van der Waals surface area contributed by atoms with Crippen molar-refractivity contribution in [1.29, 1.82) is 0 Å². The molecule has 0 aromatic carbocycles. The van der Waals surface area contributed by atoms with Crippen molar-refractivity contribution in [2.75, 3.05) is 59.0 Å². The Balaban J connectivity index is 1.65. The number of piperazine rings is 1. The van der Waals surface area contributed by atoms with E-state index in [0.717, 1.165) is 59.0 Å². The van der Waals surface area contributed by atoms with E-state index in [1.807, 2.05) is 0 Å². The molecule has 3 heterocycles. The largest absolute Gasteiger partial charge is 0.377 e. The first kappa shape index (κ1) is 11.8. The molecule has 0 radical (unpaired) electrons. The smallest absolute Gasteiger partial charge is 0.101 e. The fourth-order valence-electron chi connectivity index (χ4n) is 2.87. The molecule has 0 aromatic rings. The molecule has 3 saturated heterocycles. The molecule has 98 valence electrons. The van der Waals surface area contributed by atoms with Gasteiger partial charge in [-0.25, -0.2) is 10.4 Å². The number of nitrogens with one attached hydrogen (secondary N) is 2. The molecule has 17 heavy (non-hydrogen) atoms. The first-order chi connectivity index (χ1) is 8.45. The number of hydrogen-bond acceptors (Lipinski definition) is 6. The number of rotatable bonds is 2. The van der Waals surface area contributed by atoms with Gasteiger partial charge in [-0.1, -0.05) is 0 Å². The normalized spacial score (nSPS) is 34.2. The molecule has 6 nitrogen and oxygen atoms in total. The van der Waals surface area contributed by atoms with E-state index in [1.165, 1.54) is 6.42 Å². The van der Waals surface area contributed by atoms with Crippen molar-refractivity contribution in [3.8, 4) is 0 Å². The van der Waals surface area contributed by atoms with Gasteiger partial charge in [-0.05, 0) is 6.42 Å². The summed E-state index contributed by atoms with van der Waals surface area (Å²) in [5.74, 6) is 0. The molecule has 0 spiro atoms. The lowest BCUT2D eigenvalue weighted by atomic mass is 10.3. The summed E-state index contributed by atoms with van der Waals surface area (Å²) < 4.78 is 5.67. The Morgan fingerprint density at radius 2 is 1.88 bits per heavy atom. The van der Waals surface area contributed by atoms with E-state index in [0.29, 0.717) is 6.17 Å². The lowest BCUT2D eigenvalue weighted by molar-refractivity contribution is -0.185. The van der Waals surface area contributed by atoms with Gasteiger partial charge in [0.2, 0.25) is 0 Å². The fourth-order valence-corrected chi connectivity index (χ4v) is 2.87. The first-order valence-corrected chi connectivity index (χ1v) is 6.75. The van der Waals surface area contributed by atoms with Crippen LogP contribution in [0.3, 0.4) is 0 Å². The molecule has 1 atom stereocenters. The molecule has 3 aliphatic rings. The molecule has 0 saturated carbocycles. The maximum Gasteiger partial charge on any atom is 0.101 e. The summed E-state index contributed by atoms with van der Waals surface area (Å²) in [6.45, 7) is 9.35. The molecule has 3 aliphatic heterocycles. The molecule has 2 N–H and O–H groups in total. The molecule has 6 heteroatoms. The Labute approximate surface area is 103 Å². The molecule has 3 rings (SSSR count). The lowest BCUT2D eigenvalue weighted by Gasteiger charge is -2.46. The summed E-state index contributed by atoms with van der Waals surface area (Å²) in [6, 6.07) is 0. The highest BCUT2D eigenvalue weighted by atomic mass is 16.5. The second-order valence-electron chi connectivity index (χ2n) is 4.89. The Morgan fingerprint density at radius 3 is 2.65 bits per heavy atom. The summed E-state index contributed by atoms with van der Waals surface area (Å²) in [5.41, 5.74) is 3.46. The van der Waals surface area contributed by atoms with E-state index in [4.69, 9.17) is 4.74 Å². The van der Waals surface area contributed by atoms with Gasteiger partial charge in [0.15, 0.2) is 0 Å². The summed E-state index contributed by atoms with van der Waals surface area (Å²) in [6.07, 6.45) is 1.66. The molecule has 1 unspecified atom stereocenters. The molecule has 0 aromatic heterocycles. The SMILES string of the molecule is C1CNN(N2CCOCC2N2CCNCC2)C1. The molecule has 0 amide bonds. The minimum atomic E-state index is 0.413. The van der Waals surface area contributed by atoms with Crippen LogP contribution in [-0.2, 0) is 4.74 Å². The van der Waals surface area contributed by atoms with Crippen LogP contribution in [0.15, 0.2) is 0 Å². The second kappa shape index (κ2) is 5.60. The van der Waals surface area contributed by atoms with E-state index >= 15 is 0 Å². The van der Waals surface area contributed by atoms with Crippen molar-refractivity contribution in [3.63, 3.8) is 0 Å². The van der Waals surface area contributed by atoms with Crippen LogP contribution in [0.5, 0.6) is 0 Å². The van der Waals surface area contributed by atoms with Crippen molar-refractivity contribution < 1.29 is 4.74 Å². The lowest BCUT2D eigenvalue weighted by Crippen LogP contribution is -2.65. The van der Waals surface area contributed by atoms with Gasteiger partial charge in [0, 0.05) is 45.8 Å². The van der Waals surface area contributed by atoms with Gasteiger partial charge in [0.1, 0.15) is 6.17 Å². The maximum atomic E-state index is 5.67. The van der Waals surface area contributed by atoms with Gasteiger partial charge in [0.05, 0.1) is 13.2 Å². The zero-order chi connectivity index (χ0) is 11.5. The topological polar surface area (TPSA) is 43.0 Å². The molecular weight excluding hydrogens is 218 g/mol. The molecule has 0 bridgehead atoms. The first-order valence-electron chi connectivity index (χ1n) is 6.75. The van der Waals surface area contributed by atoms with E-state index in [-0.39, 0.29) is 0 Å². The molecule has 0 aliphatic carbocycles. The summed E-state index contributed by atoms with van der Waals surface area (Å²) in [4.78, 5) is 2.54. The third-order valence-electron chi connectivity index (χ3n) is 3.80. The van der Waals surface area contributed by atoms with E-state index < -0.39 is 0 Å². The van der Waals surface area contributed by atoms with Gasteiger partial charge in [-0.15, -0.1) is 0 Å². The minimum absolute atomic E-state index is 0.413. The zero-order valence-corrected chi connectivity index (χ0v) is 10.4. The predicted molar refractivity (Wildman–Crippen MR) is 65.1 cm³/mol. The number of hydrazine groups is 2.